The fraction of sp³-hybridized carbons (Fsp3) is 1.00. The Morgan fingerprint density at radius 1 is 0.500 bits per heavy atom. The van der Waals surface area contributed by atoms with Crippen LogP contribution in [0.3, 0.4) is 0 Å². The summed E-state index contributed by atoms with van der Waals surface area (Å²) in [5.74, 6) is 0. The van der Waals surface area contributed by atoms with Crippen molar-refractivity contribution in [3.8, 4) is 0 Å². The Kier molecular flexibility index (Phi) is 6.97. The molecule has 5 heteroatoms. The van der Waals surface area contributed by atoms with Crippen LogP contribution in [0.2, 0.25) is 0 Å². The van der Waals surface area contributed by atoms with Crippen LogP contribution in [0.1, 0.15) is 19.3 Å². The second kappa shape index (κ2) is 8.82. The van der Waals surface area contributed by atoms with Gasteiger partial charge in [-0.2, -0.15) is 0 Å². The van der Waals surface area contributed by atoms with Gasteiger partial charge in [-0.1, -0.05) is 6.42 Å². The van der Waals surface area contributed by atoms with Gasteiger partial charge in [-0.25, -0.2) is 0 Å². The highest BCUT2D eigenvalue weighted by atomic mass is 15.1. The van der Waals surface area contributed by atoms with Crippen LogP contribution in [0.5, 0.6) is 0 Å². The van der Waals surface area contributed by atoms with Gasteiger partial charge >= 0.3 is 0 Å². The maximum absolute atomic E-state index is 3.69. The smallest absolute Gasteiger partial charge is 0.0221 e. The quantitative estimate of drug-likeness (QED) is 0.379. The van der Waals surface area contributed by atoms with Crippen molar-refractivity contribution in [2.75, 3.05) is 52.4 Å². The molecule has 2 rings (SSSR count). The van der Waals surface area contributed by atoms with E-state index in [-0.39, 0.29) is 0 Å². The van der Waals surface area contributed by atoms with E-state index in [9.17, 15) is 0 Å². The maximum Gasteiger partial charge on any atom is 0.0221 e. The summed E-state index contributed by atoms with van der Waals surface area (Å²) in [7, 11) is 0. The molecule has 5 N–H and O–H groups in total. The predicted molar refractivity (Wildman–Crippen MR) is 76.0 cm³/mol. The van der Waals surface area contributed by atoms with Crippen molar-refractivity contribution in [1.82, 2.24) is 26.6 Å². The molecule has 0 aromatic carbocycles. The molecular formula is C13H29N5. The molecule has 18 heavy (non-hydrogen) atoms. The highest BCUT2D eigenvalue weighted by Crippen LogP contribution is 2.18. The third-order valence-electron chi connectivity index (χ3n) is 3.89. The van der Waals surface area contributed by atoms with Crippen LogP contribution in [-0.2, 0) is 0 Å². The molecule has 1 aliphatic heterocycles. The highest BCUT2D eigenvalue weighted by Gasteiger charge is 2.25. The zero-order chi connectivity index (χ0) is 12.5. The molecule has 2 fully saturated rings. The van der Waals surface area contributed by atoms with E-state index in [0.717, 1.165) is 52.4 Å². The summed E-state index contributed by atoms with van der Waals surface area (Å²) in [6.45, 7) is 8.56. The Balaban J connectivity index is 1.71. The van der Waals surface area contributed by atoms with E-state index in [2.05, 4.69) is 26.6 Å². The summed E-state index contributed by atoms with van der Waals surface area (Å²) in [5.41, 5.74) is 0. The summed E-state index contributed by atoms with van der Waals surface area (Å²) in [6.07, 6.45) is 4.01. The fourth-order valence-corrected chi connectivity index (χ4v) is 2.87. The van der Waals surface area contributed by atoms with Crippen molar-refractivity contribution in [1.29, 1.82) is 0 Å². The Morgan fingerprint density at radius 3 is 1.33 bits per heavy atom. The zero-order valence-electron chi connectivity index (χ0n) is 11.4. The van der Waals surface area contributed by atoms with E-state index in [1.807, 2.05) is 0 Å². The van der Waals surface area contributed by atoms with Gasteiger partial charge < -0.3 is 26.6 Å². The molecule has 106 valence electrons. The van der Waals surface area contributed by atoms with E-state index >= 15 is 0 Å². The number of fused-ring (bicyclic) bond motifs is 1. The van der Waals surface area contributed by atoms with E-state index < -0.39 is 0 Å². The summed E-state index contributed by atoms with van der Waals surface area (Å²) < 4.78 is 0. The first-order valence-corrected chi connectivity index (χ1v) is 7.56. The van der Waals surface area contributed by atoms with Crippen LogP contribution >= 0.6 is 0 Å². The van der Waals surface area contributed by atoms with Gasteiger partial charge in [0.1, 0.15) is 0 Å². The van der Waals surface area contributed by atoms with E-state index in [4.69, 9.17) is 0 Å². The highest BCUT2D eigenvalue weighted by molar-refractivity contribution is 4.88. The second-order valence-corrected chi connectivity index (χ2v) is 5.30. The molecule has 1 saturated heterocycles. The van der Waals surface area contributed by atoms with Crippen molar-refractivity contribution in [3.63, 3.8) is 0 Å². The van der Waals surface area contributed by atoms with Gasteiger partial charge in [0, 0.05) is 64.4 Å². The van der Waals surface area contributed by atoms with Crippen molar-refractivity contribution in [3.05, 3.63) is 0 Å². The normalized spacial score (nSPS) is 33.3. The second-order valence-electron chi connectivity index (χ2n) is 5.30. The summed E-state index contributed by atoms with van der Waals surface area (Å²) in [6, 6.07) is 1.35. The standard InChI is InChI=1S/C13H29N5/c1-2-12-13(3-1)18-11-9-16-7-5-14-4-6-15-8-10-17-12/h12-18H,1-11H2/t12-,13?/m1/s1. The van der Waals surface area contributed by atoms with Gasteiger partial charge in [0.25, 0.3) is 0 Å². The maximum atomic E-state index is 3.69. The van der Waals surface area contributed by atoms with Gasteiger partial charge in [-0.05, 0) is 12.8 Å². The van der Waals surface area contributed by atoms with E-state index in [1.54, 1.807) is 0 Å². The zero-order valence-corrected chi connectivity index (χ0v) is 11.4. The lowest BCUT2D eigenvalue weighted by Crippen LogP contribution is -2.47. The number of rotatable bonds is 0. The molecule has 1 heterocycles. The van der Waals surface area contributed by atoms with Gasteiger partial charge in [-0.15, -0.1) is 0 Å². The van der Waals surface area contributed by atoms with Crippen molar-refractivity contribution >= 4 is 0 Å². The number of hydrogen-bond acceptors (Lipinski definition) is 5. The largest absolute Gasteiger partial charge is 0.314 e. The lowest BCUT2D eigenvalue weighted by Gasteiger charge is -2.22. The van der Waals surface area contributed by atoms with Crippen LogP contribution in [0.25, 0.3) is 0 Å². The molecule has 0 bridgehead atoms. The van der Waals surface area contributed by atoms with Crippen molar-refractivity contribution in [2.45, 2.75) is 31.3 Å². The summed E-state index contributed by atoms with van der Waals surface area (Å²) in [5, 5.41) is 17.7. The fourth-order valence-electron chi connectivity index (χ4n) is 2.87. The molecular weight excluding hydrogens is 226 g/mol. The molecule has 1 aliphatic carbocycles. The average molecular weight is 255 g/mol. The molecule has 0 amide bonds. The first-order chi connectivity index (χ1) is 8.97. The Labute approximate surface area is 111 Å². The molecule has 5 nitrogen and oxygen atoms in total. The molecule has 0 radical (unpaired) electrons. The molecule has 1 unspecified atom stereocenters. The number of hydrogen-bond donors (Lipinski definition) is 5. The van der Waals surface area contributed by atoms with Crippen LogP contribution in [0, 0.1) is 0 Å². The Morgan fingerprint density at radius 2 is 0.889 bits per heavy atom. The molecule has 1 saturated carbocycles. The molecule has 0 aromatic heterocycles. The monoisotopic (exact) mass is 255 g/mol. The third-order valence-corrected chi connectivity index (χ3v) is 3.89. The Bertz CT molecular complexity index is 192. The molecule has 0 spiro atoms. The lowest BCUT2D eigenvalue weighted by atomic mass is 10.1. The van der Waals surface area contributed by atoms with Gasteiger partial charge in [0.15, 0.2) is 0 Å². The lowest BCUT2D eigenvalue weighted by molar-refractivity contribution is 0.407. The van der Waals surface area contributed by atoms with Crippen molar-refractivity contribution < 1.29 is 0 Å². The minimum absolute atomic E-state index is 0.676. The molecule has 0 aromatic rings. The van der Waals surface area contributed by atoms with E-state index in [0.29, 0.717) is 12.1 Å². The minimum atomic E-state index is 0.676. The topological polar surface area (TPSA) is 60.1 Å². The molecule has 2 aliphatic rings. The Hall–Kier alpha value is -0.200. The van der Waals surface area contributed by atoms with Crippen LogP contribution < -0.4 is 26.6 Å². The number of nitrogens with one attached hydrogen (secondary N) is 5. The SMILES string of the molecule is C1CC2NCCNCCNCCNCCN[C@@H]2C1. The molecule has 2 atom stereocenters. The van der Waals surface area contributed by atoms with E-state index in [1.165, 1.54) is 19.3 Å². The van der Waals surface area contributed by atoms with Gasteiger partial charge in [0.2, 0.25) is 0 Å². The predicted octanol–water partition coefficient (Wildman–Crippen LogP) is -1.13. The van der Waals surface area contributed by atoms with Crippen LogP contribution in [0.15, 0.2) is 0 Å². The van der Waals surface area contributed by atoms with Gasteiger partial charge in [-0.3, -0.25) is 0 Å². The van der Waals surface area contributed by atoms with Gasteiger partial charge in [0.05, 0.1) is 0 Å². The third kappa shape index (κ3) is 5.20. The summed E-state index contributed by atoms with van der Waals surface area (Å²) >= 11 is 0. The average Bonchev–Trinajstić information content (AvgIpc) is 2.81. The minimum Gasteiger partial charge on any atom is -0.314 e. The van der Waals surface area contributed by atoms with Crippen molar-refractivity contribution in [2.24, 2.45) is 0 Å². The first-order valence-electron chi connectivity index (χ1n) is 7.56. The van der Waals surface area contributed by atoms with Crippen LogP contribution in [0.4, 0.5) is 0 Å². The summed E-state index contributed by atoms with van der Waals surface area (Å²) in [4.78, 5) is 0. The van der Waals surface area contributed by atoms with Crippen LogP contribution in [-0.4, -0.2) is 64.4 Å². The first kappa shape index (κ1) is 14.2.